The first-order valence-electron chi connectivity index (χ1n) is 5.32. The summed E-state index contributed by atoms with van der Waals surface area (Å²) in [6.45, 7) is -0.00989. The Labute approximate surface area is 99.4 Å². The van der Waals surface area contributed by atoms with Gasteiger partial charge in [0.2, 0.25) is 6.54 Å². The summed E-state index contributed by atoms with van der Waals surface area (Å²) < 4.78 is 3.60. The van der Waals surface area contributed by atoms with Crippen LogP contribution in [0.2, 0.25) is 0 Å². The molecule has 0 fully saturated rings. The lowest BCUT2D eigenvalue weighted by atomic mass is 10.1. The van der Waals surface area contributed by atoms with Gasteiger partial charge in [0.05, 0.1) is 0 Å². The van der Waals surface area contributed by atoms with Crippen LogP contribution in [0.3, 0.4) is 0 Å². The lowest BCUT2D eigenvalue weighted by molar-refractivity contribution is -0.685. The molecule has 0 radical (unpaired) electrons. The summed E-state index contributed by atoms with van der Waals surface area (Å²) in [6.07, 6.45) is 7.51. The molecule has 17 heavy (non-hydrogen) atoms. The third-order valence-corrected chi connectivity index (χ3v) is 2.52. The third kappa shape index (κ3) is 2.87. The van der Waals surface area contributed by atoms with Crippen LogP contribution in [0.1, 0.15) is 0 Å². The number of carboxylic acid groups (broad SMARTS) is 1. The summed E-state index contributed by atoms with van der Waals surface area (Å²) in [5.41, 5.74) is 2.19. The molecule has 0 atom stereocenters. The zero-order chi connectivity index (χ0) is 12.3. The number of aryl methyl sites for hydroxylation is 1. The second kappa shape index (κ2) is 4.74. The zero-order valence-electron chi connectivity index (χ0n) is 9.58. The van der Waals surface area contributed by atoms with E-state index in [4.69, 9.17) is 5.11 Å². The molecule has 0 aliphatic heterocycles. The number of aromatic nitrogens is 2. The molecule has 0 bridgehead atoms. The van der Waals surface area contributed by atoms with E-state index < -0.39 is 5.97 Å². The number of hydrogen-bond acceptors (Lipinski definition) is 1. The van der Waals surface area contributed by atoms with Gasteiger partial charge in [-0.1, -0.05) is 0 Å². The Kier molecular flexibility index (Phi) is 3.14. The van der Waals surface area contributed by atoms with E-state index in [0.29, 0.717) is 0 Å². The SMILES string of the molecule is C[n+]1ccc(-c2cc[n+](CC(=O)O)cc2)cc1. The quantitative estimate of drug-likeness (QED) is 0.783. The van der Waals surface area contributed by atoms with Crippen molar-refractivity contribution in [2.24, 2.45) is 7.05 Å². The number of aliphatic carboxylic acids is 1. The fourth-order valence-electron chi connectivity index (χ4n) is 1.60. The van der Waals surface area contributed by atoms with E-state index in [2.05, 4.69) is 0 Å². The molecule has 0 saturated heterocycles. The Morgan fingerprint density at radius 2 is 1.53 bits per heavy atom. The molecule has 2 rings (SSSR count). The molecule has 0 unspecified atom stereocenters. The zero-order valence-corrected chi connectivity index (χ0v) is 9.58. The van der Waals surface area contributed by atoms with Gasteiger partial charge in [0.1, 0.15) is 7.05 Å². The van der Waals surface area contributed by atoms with E-state index in [1.165, 1.54) is 0 Å². The minimum Gasteiger partial charge on any atom is -0.477 e. The van der Waals surface area contributed by atoms with Crippen LogP contribution in [0.25, 0.3) is 11.1 Å². The molecule has 4 heteroatoms. The molecule has 2 heterocycles. The van der Waals surface area contributed by atoms with Crippen molar-refractivity contribution in [1.82, 2.24) is 0 Å². The third-order valence-electron chi connectivity index (χ3n) is 2.52. The van der Waals surface area contributed by atoms with Crippen LogP contribution < -0.4 is 9.13 Å². The lowest BCUT2D eigenvalue weighted by Gasteiger charge is -1.98. The summed E-state index contributed by atoms with van der Waals surface area (Å²) >= 11 is 0. The standard InChI is InChI=1S/C13H13N2O2/c1-14-6-2-11(3-7-14)12-4-8-15(9-5-12)10-13(16)17/h2-9H,10H2,1H3/q+1/p+1. The Morgan fingerprint density at radius 3 is 2.00 bits per heavy atom. The second-order valence-electron chi connectivity index (χ2n) is 3.91. The topological polar surface area (TPSA) is 45.1 Å². The summed E-state index contributed by atoms with van der Waals surface area (Å²) in [5.74, 6) is -0.838. The smallest absolute Gasteiger partial charge is 0.370 e. The predicted molar refractivity (Wildman–Crippen MR) is 60.9 cm³/mol. The van der Waals surface area contributed by atoms with Gasteiger partial charge in [-0.25, -0.2) is 9.36 Å². The molecule has 0 saturated carbocycles. The summed E-state index contributed by atoms with van der Waals surface area (Å²) in [6, 6.07) is 7.88. The van der Waals surface area contributed by atoms with Gasteiger partial charge in [-0.05, 0) is 11.1 Å². The molecule has 2 aromatic rings. The van der Waals surface area contributed by atoms with Crippen LogP contribution >= 0.6 is 0 Å². The van der Waals surface area contributed by atoms with E-state index in [9.17, 15) is 4.79 Å². The normalized spacial score (nSPS) is 10.2. The van der Waals surface area contributed by atoms with E-state index in [-0.39, 0.29) is 6.54 Å². The molecule has 4 nitrogen and oxygen atoms in total. The number of pyridine rings is 2. The highest BCUT2D eigenvalue weighted by molar-refractivity contribution is 5.65. The van der Waals surface area contributed by atoms with Crippen molar-refractivity contribution < 1.29 is 19.0 Å². The van der Waals surface area contributed by atoms with Gasteiger partial charge in [-0.3, -0.25) is 0 Å². The Hall–Kier alpha value is -2.23. The lowest BCUT2D eigenvalue weighted by Crippen LogP contribution is -2.36. The molecular weight excluding hydrogens is 216 g/mol. The van der Waals surface area contributed by atoms with E-state index in [0.717, 1.165) is 11.1 Å². The fraction of sp³-hybridized carbons (Fsp3) is 0.154. The van der Waals surface area contributed by atoms with Gasteiger partial charge in [-0.2, -0.15) is 4.57 Å². The highest BCUT2D eigenvalue weighted by Gasteiger charge is 2.07. The Balaban J connectivity index is 2.23. The van der Waals surface area contributed by atoms with Gasteiger partial charge < -0.3 is 5.11 Å². The fourth-order valence-corrected chi connectivity index (χ4v) is 1.60. The van der Waals surface area contributed by atoms with Crippen LogP contribution in [0, 0.1) is 0 Å². The molecule has 86 valence electrons. The van der Waals surface area contributed by atoms with Gasteiger partial charge in [-0.15, -0.1) is 0 Å². The van der Waals surface area contributed by atoms with Crippen LogP contribution in [-0.2, 0) is 18.4 Å². The molecule has 0 spiro atoms. The van der Waals surface area contributed by atoms with Crippen LogP contribution in [0.5, 0.6) is 0 Å². The van der Waals surface area contributed by atoms with Crippen LogP contribution in [0.15, 0.2) is 49.1 Å². The largest absolute Gasteiger partial charge is 0.477 e. The Bertz CT molecular complexity index is 518. The number of rotatable bonds is 3. The molecule has 1 N–H and O–H groups in total. The maximum Gasteiger partial charge on any atom is 0.370 e. The highest BCUT2D eigenvalue weighted by Crippen LogP contribution is 2.15. The van der Waals surface area contributed by atoms with Crippen molar-refractivity contribution in [3.8, 4) is 11.1 Å². The second-order valence-corrected chi connectivity index (χ2v) is 3.91. The van der Waals surface area contributed by atoms with Gasteiger partial charge in [0.15, 0.2) is 24.8 Å². The average Bonchev–Trinajstić information content (AvgIpc) is 2.30. The minimum absolute atomic E-state index is 0.00989. The number of hydrogen-bond donors (Lipinski definition) is 1. The van der Waals surface area contributed by atoms with Crippen molar-refractivity contribution in [3.63, 3.8) is 0 Å². The maximum atomic E-state index is 10.5. The summed E-state index contributed by atoms with van der Waals surface area (Å²) in [7, 11) is 1.97. The van der Waals surface area contributed by atoms with Crippen molar-refractivity contribution in [2.45, 2.75) is 6.54 Å². The van der Waals surface area contributed by atoms with Crippen LogP contribution in [0.4, 0.5) is 0 Å². The minimum atomic E-state index is -0.838. The van der Waals surface area contributed by atoms with Crippen molar-refractivity contribution >= 4 is 5.97 Å². The first-order valence-corrected chi connectivity index (χ1v) is 5.32. The first-order chi connectivity index (χ1) is 8.15. The molecule has 0 aliphatic rings. The Morgan fingerprint density at radius 1 is 1.06 bits per heavy atom. The molecule has 2 aromatic heterocycles. The van der Waals surface area contributed by atoms with E-state index >= 15 is 0 Å². The molecular formula is C13H14N2O2+2. The number of nitrogens with zero attached hydrogens (tertiary/aromatic N) is 2. The van der Waals surface area contributed by atoms with E-state index in [1.807, 2.05) is 48.3 Å². The van der Waals surface area contributed by atoms with Gasteiger partial charge in [0, 0.05) is 24.3 Å². The summed E-state index contributed by atoms with van der Waals surface area (Å²) in [4.78, 5) is 10.5. The van der Waals surface area contributed by atoms with Gasteiger partial charge >= 0.3 is 5.97 Å². The maximum absolute atomic E-state index is 10.5. The van der Waals surface area contributed by atoms with Crippen LogP contribution in [-0.4, -0.2) is 11.1 Å². The molecule has 0 aliphatic carbocycles. The van der Waals surface area contributed by atoms with E-state index in [1.54, 1.807) is 17.0 Å². The first kappa shape index (κ1) is 11.3. The van der Waals surface area contributed by atoms with Crippen molar-refractivity contribution in [1.29, 1.82) is 0 Å². The van der Waals surface area contributed by atoms with Crippen molar-refractivity contribution in [2.75, 3.05) is 0 Å². The van der Waals surface area contributed by atoms with Gasteiger partial charge in [0.25, 0.3) is 0 Å². The predicted octanol–water partition coefficient (Wildman–Crippen LogP) is 0.550. The van der Waals surface area contributed by atoms with Crippen molar-refractivity contribution in [3.05, 3.63) is 49.1 Å². The summed E-state index contributed by atoms with van der Waals surface area (Å²) in [5, 5.41) is 8.66. The average molecular weight is 230 g/mol. The molecule has 0 amide bonds. The number of carbonyl (C=O) groups is 1. The monoisotopic (exact) mass is 230 g/mol. The number of carboxylic acids is 1. The molecule has 0 aromatic carbocycles. The highest BCUT2D eigenvalue weighted by atomic mass is 16.4.